The lowest BCUT2D eigenvalue weighted by Gasteiger charge is -2.19. The zero-order valence-corrected chi connectivity index (χ0v) is 19.9. The fourth-order valence-electron chi connectivity index (χ4n) is 3.36. The molecule has 0 saturated heterocycles. The van der Waals surface area contributed by atoms with Gasteiger partial charge >= 0.3 is 0 Å². The zero-order valence-electron chi connectivity index (χ0n) is 19.1. The molecule has 2 amide bonds. The van der Waals surface area contributed by atoms with Crippen molar-refractivity contribution in [1.82, 2.24) is 10.3 Å². The van der Waals surface area contributed by atoms with Gasteiger partial charge in [-0.25, -0.2) is 0 Å². The number of benzene rings is 2. The van der Waals surface area contributed by atoms with Crippen molar-refractivity contribution in [1.29, 1.82) is 0 Å². The molecular formula is C26H28ClN3O4. The Hall–Kier alpha value is -3.42. The summed E-state index contributed by atoms with van der Waals surface area (Å²) in [4.78, 5) is 29.0. The minimum Gasteiger partial charge on any atom is -0.489 e. The summed E-state index contributed by atoms with van der Waals surface area (Å²) in [5.74, 6) is 0.0259. The van der Waals surface area contributed by atoms with Crippen molar-refractivity contribution in [2.45, 2.75) is 38.8 Å². The van der Waals surface area contributed by atoms with E-state index in [1.165, 1.54) is 0 Å². The normalized spacial score (nSPS) is 11.7. The standard InChI is InChI=1S/C26H28ClN3O4/c1-17(2)34-24-8-5-20(16-23(24)27)26(33)30-22(11-14-31)15-18-3-6-21(7-4-18)29-25(32)19-9-12-28-13-10-19/h3-10,12-13,16-17,22,31H,11,14-15H2,1-2H3,(H,29,32)(H,30,33)/t22-/m1/s1. The quantitative estimate of drug-likeness (QED) is 0.396. The van der Waals surface area contributed by atoms with E-state index in [-0.39, 0.29) is 30.6 Å². The molecule has 178 valence electrons. The molecule has 8 heteroatoms. The molecule has 34 heavy (non-hydrogen) atoms. The maximum atomic E-state index is 12.8. The molecule has 3 N–H and O–H groups in total. The topological polar surface area (TPSA) is 101 Å². The number of carbonyl (C=O) groups excluding carboxylic acids is 2. The molecule has 0 aliphatic heterocycles. The highest BCUT2D eigenvalue weighted by Gasteiger charge is 2.16. The Bertz CT molecular complexity index is 1100. The van der Waals surface area contributed by atoms with Crippen LogP contribution in [0, 0.1) is 0 Å². The van der Waals surface area contributed by atoms with Crippen molar-refractivity contribution in [3.63, 3.8) is 0 Å². The molecule has 1 atom stereocenters. The predicted molar refractivity (Wildman–Crippen MR) is 133 cm³/mol. The van der Waals surface area contributed by atoms with Gasteiger partial charge in [0.25, 0.3) is 11.8 Å². The molecular weight excluding hydrogens is 454 g/mol. The third-order valence-corrected chi connectivity index (χ3v) is 5.30. The van der Waals surface area contributed by atoms with Crippen LogP contribution in [-0.4, -0.2) is 40.7 Å². The maximum absolute atomic E-state index is 12.8. The minimum atomic E-state index is -0.280. The van der Waals surface area contributed by atoms with Crippen LogP contribution in [0.3, 0.4) is 0 Å². The number of hydrogen-bond donors (Lipinski definition) is 3. The molecule has 0 spiro atoms. The van der Waals surface area contributed by atoms with Crippen molar-refractivity contribution in [2.75, 3.05) is 11.9 Å². The Morgan fingerprint density at radius 2 is 1.71 bits per heavy atom. The summed E-state index contributed by atoms with van der Waals surface area (Å²) in [5, 5.41) is 15.6. The van der Waals surface area contributed by atoms with E-state index in [9.17, 15) is 14.7 Å². The minimum absolute atomic E-state index is 0.0264. The van der Waals surface area contributed by atoms with E-state index in [1.54, 1.807) is 54.9 Å². The van der Waals surface area contributed by atoms with Gasteiger partial charge in [0, 0.05) is 41.9 Å². The monoisotopic (exact) mass is 481 g/mol. The Morgan fingerprint density at radius 1 is 1.00 bits per heavy atom. The van der Waals surface area contributed by atoms with Gasteiger partial charge in [-0.3, -0.25) is 14.6 Å². The van der Waals surface area contributed by atoms with Crippen LogP contribution in [0.15, 0.2) is 67.0 Å². The molecule has 1 heterocycles. The number of hydrogen-bond acceptors (Lipinski definition) is 5. The first kappa shape index (κ1) is 25.2. The molecule has 0 saturated carbocycles. The number of aliphatic hydroxyl groups excluding tert-OH is 1. The largest absolute Gasteiger partial charge is 0.489 e. The number of nitrogens with zero attached hydrogens (tertiary/aromatic N) is 1. The molecule has 0 aliphatic rings. The van der Waals surface area contributed by atoms with Gasteiger partial charge in [0.05, 0.1) is 11.1 Å². The number of pyridine rings is 1. The summed E-state index contributed by atoms with van der Waals surface area (Å²) in [5.41, 5.74) is 2.55. The third-order valence-electron chi connectivity index (χ3n) is 5.01. The second-order valence-corrected chi connectivity index (χ2v) is 8.49. The summed E-state index contributed by atoms with van der Waals surface area (Å²) in [7, 11) is 0. The highest BCUT2D eigenvalue weighted by atomic mass is 35.5. The number of anilines is 1. The first-order valence-electron chi connectivity index (χ1n) is 11.0. The lowest BCUT2D eigenvalue weighted by atomic mass is 10.0. The van der Waals surface area contributed by atoms with Gasteiger partial charge in [0.2, 0.25) is 0 Å². The van der Waals surface area contributed by atoms with E-state index in [0.29, 0.717) is 40.4 Å². The molecule has 0 fully saturated rings. The second-order valence-electron chi connectivity index (χ2n) is 8.09. The molecule has 7 nitrogen and oxygen atoms in total. The lowest BCUT2D eigenvalue weighted by molar-refractivity contribution is 0.0929. The number of ether oxygens (including phenoxy) is 1. The number of amides is 2. The SMILES string of the molecule is CC(C)Oc1ccc(C(=O)N[C@H](CCO)Cc2ccc(NC(=O)c3ccncc3)cc2)cc1Cl. The summed E-state index contributed by atoms with van der Waals surface area (Å²) in [6.45, 7) is 3.74. The highest BCUT2D eigenvalue weighted by Crippen LogP contribution is 2.26. The first-order valence-corrected chi connectivity index (χ1v) is 11.4. The summed E-state index contributed by atoms with van der Waals surface area (Å²) < 4.78 is 5.61. The smallest absolute Gasteiger partial charge is 0.255 e. The van der Waals surface area contributed by atoms with Crippen LogP contribution in [0.25, 0.3) is 0 Å². The van der Waals surface area contributed by atoms with Gasteiger partial charge in [-0.05, 0) is 74.7 Å². The fourth-order valence-corrected chi connectivity index (χ4v) is 3.58. The van der Waals surface area contributed by atoms with E-state index in [0.717, 1.165) is 5.56 Å². The van der Waals surface area contributed by atoms with Gasteiger partial charge in [-0.15, -0.1) is 0 Å². The van der Waals surface area contributed by atoms with Crippen LogP contribution in [0.4, 0.5) is 5.69 Å². The zero-order chi connectivity index (χ0) is 24.5. The molecule has 0 radical (unpaired) electrons. The van der Waals surface area contributed by atoms with E-state index in [2.05, 4.69) is 15.6 Å². The fraction of sp³-hybridized carbons (Fsp3) is 0.269. The summed E-state index contributed by atoms with van der Waals surface area (Å²) in [6, 6.07) is 15.3. The molecule has 1 aromatic heterocycles. The molecule has 3 rings (SSSR count). The van der Waals surface area contributed by atoms with Crippen LogP contribution in [0.5, 0.6) is 5.75 Å². The van der Waals surface area contributed by atoms with E-state index in [1.807, 2.05) is 26.0 Å². The number of aromatic nitrogens is 1. The highest BCUT2D eigenvalue weighted by molar-refractivity contribution is 6.32. The number of carbonyl (C=O) groups is 2. The van der Waals surface area contributed by atoms with E-state index in [4.69, 9.17) is 16.3 Å². The summed E-state index contributed by atoms with van der Waals surface area (Å²) >= 11 is 6.26. The van der Waals surface area contributed by atoms with Crippen LogP contribution in [-0.2, 0) is 6.42 Å². The Balaban J connectivity index is 1.61. The van der Waals surface area contributed by atoms with E-state index < -0.39 is 0 Å². The predicted octanol–water partition coefficient (Wildman–Crippen LogP) is 4.50. The van der Waals surface area contributed by atoms with Gasteiger partial charge < -0.3 is 20.5 Å². The van der Waals surface area contributed by atoms with Crippen molar-refractivity contribution in [3.8, 4) is 5.75 Å². The average molecular weight is 482 g/mol. The van der Waals surface area contributed by atoms with Gasteiger partial charge in [-0.1, -0.05) is 23.7 Å². The third kappa shape index (κ3) is 7.30. The van der Waals surface area contributed by atoms with Crippen molar-refractivity contribution in [3.05, 3.63) is 88.7 Å². The first-order chi connectivity index (χ1) is 16.4. The number of rotatable bonds is 10. The Labute approximate surface area is 204 Å². The molecule has 0 unspecified atom stereocenters. The number of nitrogens with one attached hydrogen (secondary N) is 2. The Morgan fingerprint density at radius 3 is 2.32 bits per heavy atom. The van der Waals surface area contributed by atoms with Crippen LogP contribution in [0.2, 0.25) is 5.02 Å². The molecule has 3 aromatic rings. The van der Waals surface area contributed by atoms with Crippen molar-refractivity contribution in [2.24, 2.45) is 0 Å². The average Bonchev–Trinajstić information content (AvgIpc) is 2.82. The van der Waals surface area contributed by atoms with Crippen LogP contribution < -0.4 is 15.4 Å². The van der Waals surface area contributed by atoms with Crippen LogP contribution in [0.1, 0.15) is 46.5 Å². The number of aliphatic hydroxyl groups is 1. The van der Waals surface area contributed by atoms with Crippen molar-refractivity contribution < 1.29 is 19.4 Å². The van der Waals surface area contributed by atoms with Gasteiger partial charge in [0.15, 0.2) is 0 Å². The lowest BCUT2D eigenvalue weighted by Crippen LogP contribution is -2.37. The second kappa shape index (κ2) is 12.2. The van der Waals surface area contributed by atoms with E-state index >= 15 is 0 Å². The van der Waals surface area contributed by atoms with Crippen molar-refractivity contribution >= 4 is 29.1 Å². The van der Waals surface area contributed by atoms with Gasteiger partial charge in [-0.2, -0.15) is 0 Å². The molecule has 2 aromatic carbocycles. The molecule has 0 bridgehead atoms. The maximum Gasteiger partial charge on any atom is 0.255 e. The van der Waals surface area contributed by atoms with Crippen LogP contribution >= 0.6 is 11.6 Å². The number of halogens is 1. The summed E-state index contributed by atoms with van der Waals surface area (Å²) in [6.07, 6.45) is 4.02. The molecule has 0 aliphatic carbocycles. The van der Waals surface area contributed by atoms with Gasteiger partial charge in [0.1, 0.15) is 5.75 Å². The Kier molecular flexibility index (Phi) is 9.01.